The smallest absolute Gasteiger partial charge is 0.337 e. The van der Waals surface area contributed by atoms with Crippen molar-refractivity contribution in [2.75, 3.05) is 25.1 Å². The van der Waals surface area contributed by atoms with Gasteiger partial charge in [0.2, 0.25) is 0 Å². The van der Waals surface area contributed by atoms with Crippen LogP contribution in [0.4, 0.5) is 5.69 Å². The Bertz CT molecular complexity index is 1160. The van der Waals surface area contributed by atoms with Crippen LogP contribution >= 0.6 is 0 Å². The van der Waals surface area contributed by atoms with Crippen molar-refractivity contribution in [3.05, 3.63) is 101 Å². The van der Waals surface area contributed by atoms with E-state index in [1.807, 2.05) is 48.5 Å². The monoisotopic (exact) mass is 469 g/mol. The van der Waals surface area contributed by atoms with Crippen molar-refractivity contribution in [3.8, 4) is 5.75 Å². The van der Waals surface area contributed by atoms with Crippen LogP contribution in [0.15, 0.2) is 78.9 Å². The molecule has 1 saturated heterocycles. The summed E-state index contributed by atoms with van der Waals surface area (Å²) in [6, 6.07) is 22.6. The third-order valence-electron chi connectivity index (χ3n) is 6.23. The number of hydrogen-bond acceptors (Lipinski definition) is 5. The molecule has 5 heteroatoms. The summed E-state index contributed by atoms with van der Waals surface area (Å²) in [5.74, 6) is 0.278. The average Bonchev–Trinajstić information content (AvgIpc) is 3.21. The molecule has 0 unspecified atom stereocenters. The van der Waals surface area contributed by atoms with Crippen molar-refractivity contribution in [2.24, 2.45) is 0 Å². The normalized spacial score (nSPS) is 13.9. The molecule has 0 aromatic heterocycles. The SMILES string of the molecule is COC(=O)c1ccc(COc2ccccc2C=CC(=O)c2ccc(N3CCCCCC3)cc2)cc1. The minimum atomic E-state index is -0.366. The van der Waals surface area contributed by atoms with Gasteiger partial charge in [-0.2, -0.15) is 0 Å². The summed E-state index contributed by atoms with van der Waals surface area (Å²) in [4.78, 5) is 26.8. The standard InChI is InChI=1S/C30H31NO4/c1-34-30(33)26-12-10-23(11-13-26)22-35-29-9-5-4-8-25(29)16-19-28(32)24-14-17-27(18-15-24)31-20-6-2-3-7-21-31/h4-5,8-19H,2-3,6-7,20-22H2,1H3. The van der Waals surface area contributed by atoms with Gasteiger partial charge in [0.15, 0.2) is 5.78 Å². The van der Waals surface area contributed by atoms with Crippen LogP contribution in [-0.2, 0) is 11.3 Å². The van der Waals surface area contributed by atoms with Crippen LogP contribution in [0, 0.1) is 0 Å². The van der Waals surface area contributed by atoms with E-state index in [1.165, 1.54) is 38.5 Å². The maximum atomic E-state index is 12.8. The molecule has 3 aromatic rings. The Morgan fingerprint density at radius 2 is 1.49 bits per heavy atom. The second kappa shape index (κ2) is 12.0. The molecule has 0 saturated carbocycles. The van der Waals surface area contributed by atoms with Crippen LogP contribution in [0.25, 0.3) is 6.08 Å². The number of benzene rings is 3. The van der Waals surface area contributed by atoms with Crippen molar-refractivity contribution in [1.82, 2.24) is 0 Å². The Balaban J connectivity index is 1.38. The zero-order valence-corrected chi connectivity index (χ0v) is 20.1. The lowest BCUT2D eigenvalue weighted by atomic mass is 10.1. The lowest BCUT2D eigenvalue weighted by Gasteiger charge is -2.22. The number of esters is 1. The van der Waals surface area contributed by atoms with Gasteiger partial charge in [0, 0.05) is 29.9 Å². The van der Waals surface area contributed by atoms with Crippen molar-refractivity contribution in [2.45, 2.75) is 32.3 Å². The summed E-state index contributed by atoms with van der Waals surface area (Å²) >= 11 is 0. The van der Waals surface area contributed by atoms with Crippen molar-refractivity contribution >= 4 is 23.5 Å². The van der Waals surface area contributed by atoms with E-state index in [0.717, 1.165) is 24.2 Å². The van der Waals surface area contributed by atoms with Gasteiger partial charge in [-0.15, -0.1) is 0 Å². The number of nitrogens with zero attached hydrogens (tertiary/aromatic N) is 1. The number of para-hydroxylation sites is 1. The number of allylic oxidation sites excluding steroid dienone is 1. The predicted octanol–water partition coefficient (Wildman–Crippen LogP) is 6.33. The first kappa shape index (κ1) is 24.3. The number of rotatable bonds is 8. The molecule has 5 nitrogen and oxygen atoms in total. The molecule has 1 aliphatic rings. The zero-order valence-electron chi connectivity index (χ0n) is 20.1. The molecule has 0 atom stereocenters. The van der Waals surface area contributed by atoms with E-state index < -0.39 is 0 Å². The van der Waals surface area contributed by atoms with Crippen LogP contribution in [-0.4, -0.2) is 32.0 Å². The number of ether oxygens (including phenoxy) is 2. The second-order valence-corrected chi connectivity index (χ2v) is 8.66. The fourth-order valence-electron chi connectivity index (χ4n) is 4.19. The van der Waals surface area contributed by atoms with E-state index in [2.05, 4.69) is 17.0 Å². The summed E-state index contributed by atoms with van der Waals surface area (Å²) in [5, 5.41) is 0. The number of anilines is 1. The van der Waals surface area contributed by atoms with E-state index in [9.17, 15) is 9.59 Å². The molecule has 3 aromatic carbocycles. The summed E-state index contributed by atoms with van der Waals surface area (Å²) < 4.78 is 10.7. The molecule has 0 amide bonds. The van der Waals surface area contributed by atoms with Gasteiger partial charge in [0.1, 0.15) is 12.4 Å². The van der Waals surface area contributed by atoms with E-state index in [1.54, 1.807) is 24.3 Å². The average molecular weight is 470 g/mol. The van der Waals surface area contributed by atoms with E-state index in [4.69, 9.17) is 9.47 Å². The van der Waals surface area contributed by atoms with Gasteiger partial charge >= 0.3 is 5.97 Å². The molecule has 1 aliphatic heterocycles. The molecule has 0 spiro atoms. The van der Waals surface area contributed by atoms with Crippen LogP contribution in [0.5, 0.6) is 5.75 Å². The van der Waals surface area contributed by atoms with Gasteiger partial charge in [-0.05, 0) is 73.0 Å². The van der Waals surface area contributed by atoms with Gasteiger partial charge in [-0.1, -0.05) is 43.2 Å². The highest BCUT2D eigenvalue weighted by molar-refractivity contribution is 6.07. The summed E-state index contributed by atoms with van der Waals surface area (Å²) in [7, 11) is 1.36. The summed E-state index contributed by atoms with van der Waals surface area (Å²) in [6.45, 7) is 2.51. The number of ketones is 1. The fourth-order valence-corrected chi connectivity index (χ4v) is 4.19. The van der Waals surface area contributed by atoms with Crippen LogP contribution in [0.1, 0.15) is 57.5 Å². The number of hydrogen-bond donors (Lipinski definition) is 0. The van der Waals surface area contributed by atoms with Crippen LogP contribution < -0.4 is 9.64 Å². The van der Waals surface area contributed by atoms with Gasteiger partial charge < -0.3 is 14.4 Å². The Kier molecular flexibility index (Phi) is 8.34. The zero-order chi connectivity index (χ0) is 24.5. The molecule has 0 bridgehead atoms. The molecule has 180 valence electrons. The molecule has 1 fully saturated rings. The van der Waals surface area contributed by atoms with Gasteiger partial charge in [0.25, 0.3) is 0 Å². The highest BCUT2D eigenvalue weighted by Crippen LogP contribution is 2.23. The first-order chi connectivity index (χ1) is 17.1. The van der Waals surface area contributed by atoms with E-state index in [0.29, 0.717) is 23.5 Å². The lowest BCUT2D eigenvalue weighted by Crippen LogP contribution is -2.23. The minimum absolute atomic E-state index is 0.0411. The molecule has 0 aliphatic carbocycles. The van der Waals surface area contributed by atoms with Gasteiger partial charge in [0.05, 0.1) is 12.7 Å². The number of carbonyl (C=O) groups is 2. The highest BCUT2D eigenvalue weighted by atomic mass is 16.5. The van der Waals surface area contributed by atoms with Crippen molar-refractivity contribution in [3.63, 3.8) is 0 Å². The van der Waals surface area contributed by atoms with E-state index >= 15 is 0 Å². The molecule has 35 heavy (non-hydrogen) atoms. The molecule has 0 N–H and O–H groups in total. The van der Waals surface area contributed by atoms with Crippen molar-refractivity contribution < 1.29 is 19.1 Å². The lowest BCUT2D eigenvalue weighted by molar-refractivity contribution is 0.0600. The maximum absolute atomic E-state index is 12.8. The second-order valence-electron chi connectivity index (χ2n) is 8.66. The van der Waals surface area contributed by atoms with Gasteiger partial charge in [-0.25, -0.2) is 4.79 Å². The Morgan fingerprint density at radius 1 is 0.829 bits per heavy atom. The molecule has 4 rings (SSSR count). The molecular formula is C30H31NO4. The third kappa shape index (κ3) is 6.60. The minimum Gasteiger partial charge on any atom is -0.488 e. The van der Waals surface area contributed by atoms with Crippen LogP contribution in [0.3, 0.4) is 0 Å². The largest absolute Gasteiger partial charge is 0.488 e. The summed E-state index contributed by atoms with van der Waals surface area (Å²) in [5.41, 5.74) is 4.11. The molecular weight excluding hydrogens is 438 g/mol. The first-order valence-corrected chi connectivity index (χ1v) is 12.1. The molecule has 0 radical (unpaired) electrons. The summed E-state index contributed by atoms with van der Waals surface area (Å²) in [6.07, 6.45) is 8.43. The Morgan fingerprint density at radius 3 is 2.17 bits per heavy atom. The first-order valence-electron chi connectivity index (χ1n) is 12.1. The van der Waals surface area contributed by atoms with Crippen molar-refractivity contribution in [1.29, 1.82) is 0 Å². The van der Waals surface area contributed by atoms with Crippen LogP contribution in [0.2, 0.25) is 0 Å². The number of methoxy groups -OCH3 is 1. The topological polar surface area (TPSA) is 55.8 Å². The maximum Gasteiger partial charge on any atom is 0.337 e. The Labute approximate surface area is 207 Å². The molecule has 1 heterocycles. The quantitative estimate of drug-likeness (QED) is 0.219. The Hall–Kier alpha value is -3.86. The number of carbonyl (C=O) groups excluding carboxylic acids is 2. The highest BCUT2D eigenvalue weighted by Gasteiger charge is 2.11. The third-order valence-corrected chi connectivity index (χ3v) is 6.23. The predicted molar refractivity (Wildman–Crippen MR) is 139 cm³/mol. The van der Waals surface area contributed by atoms with E-state index in [-0.39, 0.29) is 11.8 Å². The van der Waals surface area contributed by atoms with Gasteiger partial charge in [-0.3, -0.25) is 4.79 Å². The fraction of sp³-hybridized carbons (Fsp3) is 0.267.